The average molecular weight is 265 g/mol. The van der Waals surface area contributed by atoms with Gasteiger partial charge in [-0.25, -0.2) is 4.98 Å². The Bertz CT molecular complexity index is 369. The van der Waals surface area contributed by atoms with E-state index in [9.17, 15) is 9.59 Å². The third kappa shape index (κ3) is 5.06. The second kappa shape index (κ2) is 7.15. The predicted molar refractivity (Wildman–Crippen MR) is 64.8 cm³/mol. The number of anilines is 1. The number of hydrogen-bond donors (Lipinski definition) is 3. The number of amides is 2. The van der Waals surface area contributed by atoms with Crippen molar-refractivity contribution in [1.82, 2.24) is 10.3 Å². The fourth-order valence-corrected chi connectivity index (χ4v) is 1.51. The monoisotopic (exact) mass is 264 g/mol. The Morgan fingerprint density at radius 1 is 1.50 bits per heavy atom. The van der Waals surface area contributed by atoms with E-state index in [4.69, 9.17) is 5.73 Å². The zero-order valence-corrected chi connectivity index (χ0v) is 10.3. The highest BCUT2D eigenvalue weighted by Gasteiger charge is 2.06. The van der Waals surface area contributed by atoms with Crippen LogP contribution in [0.2, 0.25) is 0 Å². The molecule has 1 aromatic heterocycles. The number of thiazole rings is 1. The SMILES string of the molecule is Cc1cnc(NC(=O)CNC(=O)CN)s1.Cl. The molecule has 0 aliphatic carbocycles. The van der Waals surface area contributed by atoms with E-state index in [1.165, 1.54) is 11.3 Å². The van der Waals surface area contributed by atoms with E-state index in [1.54, 1.807) is 6.20 Å². The average Bonchev–Trinajstić information content (AvgIpc) is 2.60. The summed E-state index contributed by atoms with van der Waals surface area (Å²) in [5, 5.41) is 5.44. The Hall–Kier alpha value is -1.18. The molecule has 0 spiro atoms. The summed E-state index contributed by atoms with van der Waals surface area (Å²) in [6.07, 6.45) is 1.67. The fraction of sp³-hybridized carbons (Fsp3) is 0.375. The van der Waals surface area contributed by atoms with E-state index in [1.807, 2.05) is 6.92 Å². The standard InChI is InChI=1S/C8H12N4O2S.ClH/c1-5-3-11-8(15-5)12-7(14)4-10-6(13)2-9;/h3H,2,4,9H2,1H3,(H,10,13)(H,11,12,14);1H. The topological polar surface area (TPSA) is 97.1 Å². The highest BCUT2D eigenvalue weighted by atomic mass is 35.5. The first-order valence-corrected chi connectivity index (χ1v) is 5.12. The summed E-state index contributed by atoms with van der Waals surface area (Å²) in [6.45, 7) is 1.68. The highest BCUT2D eigenvalue weighted by molar-refractivity contribution is 7.15. The Labute approximate surface area is 103 Å². The number of aryl methyl sites for hydroxylation is 1. The number of rotatable bonds is 4. The van der Waals surface area contributed by atoms with Gasteiger partial charge in [0.15, 0.2) is 5.13 Å². The molecule has 0 aliphatic rings. The maximum atomic E-state index is 11.2. The van der Waals surface area contributed by atoms with Gasteiger partial charge < -0.3 is 16.4 Å². The number of halogens is 1. The normalized spacial score (nSPS) is 9.12. The van der Waals surface area contributed by atoms with Crippen molar-refractivity contribution in [2.45, 2.75) is 6.92 Å². The van der Waals surface area contributed by atoms with Crippen molar-refractivity contribution in [2.24, 2.45) is 5.73 Å². The first-order valence-electron chi connectivity index (χ1n) is 4.31. The van der Waals surface area contributed by atoms with Crippen molar-refractivity contribution in [3.63, 3.8) is 0 Å². The zero-order valence-electron chi connectivity index (χ0n) is 8.65. The first-order chi connectivity index (χ1) is 7.11. The van der Waals surface area contributed by atoms with Crippen LogP contribution < -0.4 is 16.4 Å². The molecule has 0 saturated heterocycles. The molecule has 90 valence electrons. The van der Waals surface area contributed by atoms with E-state index in [-0.39, 0.29) is 37.3 Å². The maximum Gasteiger partial charge on any atom is 0.245 e. The smallest absolute Gasteiger partial charge is 0.245 e. The molecule has 0 bridgehead atoms. The van der Waals surface area contributed by atoms with Crippen LogP contribution in [-0.2, 0) is 9.59 Å². The van der Waals surface area contributed by atoms with Gasteiger partial charge in [-0.3, -0.25) is 9.59 Å². The molecule has 0 aliphatic heterocycles. The number of carbonyl (C=O) groups is 2. The minimum atomic E-state index is -0.361. The van der Waals surface area contributed by atoms with Gasteiger partial charge in [0.05, 0.1) is 13.1 Å². The molecule has 0 saturated carbocycles. The van der Waals surface area contributed by atoms with E-state index in [0.717, 1.165) is 4.88 Å². The van der Waals surface area contributed by atoms with Crippen molar-refractivity contribution in [2.75, 3.05) is 18.4 Å². The van der Waals surface area contributed by atoms with Crippen LogP contribution in [-0.4, -0.2) is 29.9 Å². The lowest BCUT2D eigenvalue weighted by molar-refractivity contribution is -0.123. The molecule has 1 heterocycles. The highest BCUT2D eigenvalue weighted by Crippen LogP contribution is 2.15. The van der Waals surface area contributed by atoms with Gasteiger partial charge in [-0.2, -0.15) is 0 Å². The summed E-state index contributed by atoms with van der Waals surface area (Å²) in [5.74, 6) is -0.674. The van der Waals surface area contributed by atoms with Crippen molar-refractivity contribution >= 4 is 40.7 Å². The van der Waals surface area contributed by atoms with E-state index >= 15 is 0 Å². The van der Waals surface area contributed by atoms with E-state index in [2.05, 4.69) is 15.6 Å². The van der Waals surface area contributed by atoms with Crippen LogP contribution in [0.3, 0.4) is 0 Å². The molecule has 4 N–H and O–H groups in total. The minimum absolute atomic E-state index is 0. The van der Waals surface area contributed by atoms with Gasteiger partial charge in [-0.05, 0) is 6.92 Å². The number of nitrogens with two attached hydrogens (primary N) is 1. The summed E-state index contributed by atoms with van der Waals surface area (Å²) < 4.78 is 0. The lowest BCUT2D eigenvalue weighted by atomic mass is 10.5. The van der Waals surface area contributed by atoms with Crippen LogP contribution >= 0.6 is 23.7 Å². The molecular formula is C8H13ClN4O2S. The second-order valence-electron chi connectivity index (χ2n) is 2.81. The summed E-state index contributed by atoms with van der Waals surface area (Å²) in [4.78, 5) is 26.9. The Morgan fingerprint density at radius 3 is 2.69 bits per heavy atom. The van der Waals surface area contributed by atoms with Crippen LogP contribution in [0.1, 0.15) is 4.88 Å². The minimum Gasteiger partial charge on any atom is -0.346 e. The van der Waals surface area contributed by atoms with Gasteiger partial charge in [0.2, 0.25) is 11.8 Å². The summed E-state index contributed by atoms with van der Waals surface area (Å²) >= 11 is 1.38. The Balaban J connectivity index is 0.00000225. The number of nitrogens with one attached hydrogen (secondary N) is 2. The van der Waals surface area contributed by atoms with E-state index < -0.39 is 0 Å². The van der Waals surface area contributed by atoms with Crippen LogP contribution in [0.15, 0.2) is 6.20 Å². The second-order valence-corrected chi connectivity index (χ2v) is 4.04. The number of hydrogen-bond acceptors (Lipinski definition) is 5. The van der Waals surface area contributed by atoms with Crippen molar-refractivity contribution in [1.29, 1.82) is 0 Å². The summed E-state index contributed by atoms with van der Waals surface area (Å²) in [6, 6.07) is 0. The van der Waals surface area contributed by atoms with Crippen LogP contribution in [0.4, 0.5) is 5.13 Å². The van der Waals surface area contributed by atoms with Crippen LogP contribution in [0.5, 0.6) is 0 Å². The van der Waals surface area contributed by atoms with Crippen molar-refractivity contribution in [3.8, 4) is 0 Å². The van der Waals surface area contributed by atoms with Gasteiger partial charge in [-0.15, -0.1) is 23.7 Å². The van der Waals surface area contributed by atoms with Crippen LogP contribution in [0.25, 0.3) is 0 Å². The lowest BCUT2D eigenvalue weighted by Gasteiger charge is -2.02. The van der Waals surface area contributed by atoms with Crippen molar-refractivity contribution < 1.29 is 9.59 Å². The molecule has 16 heavy (non-hydrogen) atoms. The molecule has 0 atom stereocenters. The summed E-state index contributed by atoms with van der Waals surface area (Å²) in [7, 11) is 0. The predicted octanol–water partition coefficient (Wildman–Crippen LogP) is -0.113. The third-order valence-electron chi connectivity index (χ3n) is 1.50. The van der Waals surface area contributed by atoms with Gasteiger partial charge in [0, 0.05) is 11.1 Å². The number of nitrogens with zero attached hydrogens (tertiary/aromatic N) is 1. The number of carbonyl (C=O) groups excluding carboxylic acids is 2. The molecule has 8 heteroatoms. The molecular weight excluding hydrogens is 252 g/mol. The van der Waals surface area contributed by atoms with Crippen molar-refractivity contribution in [3.05, 3.63) is 11.1 Å². The molecule has 0 unspecified atom stereocenters. The largest absolute Gasteiger partial charge is 0.346 e. The zero-order chi connectivity index (χ0) is 11.3. The van der Waals surface area contributed by atoms with Gasteiger partial charge in [-0.1, -0.05) is 0 Å². The molecule has 1 aromatic rings. The lowest BCUT2D eigenvalue weighted by Crippen LogP contribution is -2.36. The number of aromatic nitrogens is 1. The van der Waals surface area contributed by atoms with Gasteiger partial charge in [0.25, 0.3) is 0 Å². The molecule has 2 amide bonds. The molecule has 6 nitrogen and oxygen atoms in total. The van der Waals surface area contributed by atoms with Crippen LogP contribution in [0, 0.1) is 6.92 Å². The summed E-state index contributed by atoms with van der Waals surface area (Å²) in [5.41, 5.74) is 5.06. The first kappa shape index (κ1) is 14.8. The Kier molecular flexibility index (Phi) is 6.63. The molecule has 0 radical (unpaired) electrons. The third-order valence-corrected chi connectivity index (χ3v) is 2.33. The quantitative estimate of drug-likeness (QED) is 0.707. The molecule has 0 fully saturated rings. The van der Waals surface area contributed by atoms with E-state index in [0.29, 0.717) is 5.13 Å². The fourth-order valence-electron chi connectivity index (χ4n) is 0.827. The molecule has 1 rings (SSSR count). The van der Waals surface area contributed by atoms with Gasteiger partial charge in [0.1, 0.15) is 0 Å². The van der Waals surface area contributed by atoms with Gasteiger partial charge >= 0.3 is 0 Å². The Morgan fingerprint density at radius 2 is 2.19 bits per heavy atom. The molecule has 0 aromatic carbocycles. The maximum absolute atomic E-state index is 11.2.